The van der Waals surface area contributed by atoms with Gasteiger partial charge >= 0.3 is 11.8 Å². The maximum atomic E-state index is 12.3. The Balaban J connectivity index is 1.51. The molecule has 0 atom stereocenters. The summed E-state index contributed by atoms with van der Waals surface area (Å²) in [5.41, 5.74) is 2.42. The summed E-state index contributed by atoms with van der Waals surface area (Å²) >= 11 is 3.25. The summed E-state index contributed by atoms with van der Waals surface area (Å²) in [5, 5.41) is 6.09. The number of methoxy groups -OCH3 is 1. The van der Waals surface area contributed by atoms with Gasteiger partial charge in [-0.1, -0.05) is 28.1 Å². The number of para-hydroxylation sites is 2. The fourth-order valence-electron chi connectivity index (χ4n) is 2.55. The van der Waals surface area contributed by atoms with Crippen LogP contribution in [0.25, 0.3) is 0 Å². The summed E-state index contributed by atoms with van der Waals surface area (Å²) in [6.45, 7) is -0.0834. The molecule has 0 aliphatic carbocycles. The van der Waals surface area contributed by atoms with Crippen LogP contribution in [-0.2, 0) is 26.2 Å². The summed E-state index contributed by atoms with van der Waals surface area (Å²) in [6, 6.07) is 15.9. The van der Waals surface area contributed by atoms with Crippen LogP contribution in [0.3, 0.4) is 0 Å². The van der Waals surface area contributed by atoms with Crippen molar-refractivity contribution in [3.8, 4) is 5.75 Å². The first-order valence-corrected chi connectivity index (χ1v) is 11.7. The van der Waals surface area contributed by atoms with Crippen molar-refractivity contribution in [1.82, 2.24) is 10.1 Å². The molecule has 0 spiro atoms. The van der Waals surface area contributed by atoms with Gasteiger partial charge in [-0.05, 0) is 48.5 Å². The minimum Gasteiger partial charge on any atom is -0.495 e. The predicted octanol–water partition coefficient (Wildman–Crippen LogP) is 2.62. The van der Waals surface area contributed by atoms with E-state index in [1.165, 1.54) is 31.5 Å². The molecule has 0 unspecified atom stereocenters. The minimum absolute atomic E-state index is 0.0834. The van der Waals surface area contributed by atoms with Crippen LogP contribution in [-0.4, -0.2) is 33.6 Å². The number of furan rings is 1. The van der Waals surface area contributed by atoms with Crippen molar-refractivity contribution in [2.24, 2.45) is 5.10 Å². The third-order valence-corrected chi connectivity index (χ3v) is 6.11. The summed E-state index contributed by atoms with van der Waals surface area (Å²) in [6.07, 6.45) is 1.18. The van der Waals surface area contributed by atoms with E-state index in [2.05, 4.69) is 36.5 Å². The fraction of sp³-hybridized carbons (Fsp3) is 0.0952. The first-order chi connectivity index (χ1) is 15.8. The number of halogens is 1. The van der Waals surface area contributed by atoms with E-state index in [1.54, 1.807) is 42.5 Å². The number of amides is 2. The molecule has 2 aromatic carbocycles. The number of rotatable bonds is 8. The zero-order valence-corrected chi connectivity index (χ0v) is 19.6. The molecule has 172 valence electrons. The van der Waals surface area contributed by atoms with Gasteiger partial charge in [0.2, 0.25) is 10.0 Å². The molecule has 0 bridgehead atoms. The Hall–Kier alpha value is -3.48. The lowest BCUT2D eigenvalue weighted by Gasteiger charge is -2.08. The Bertz CT molecular complexity index is 1270. The normalized spacial score (nSPS) is 11.3. The molecular formula is C21H19BrN4O6S. The first-order valence-electron chi connectivity index (χ1n) is 9.40. The van der Waals surface area contributed by atoms with Gasteiger partial charge in [-0.25, -0.2) is 18.6 Å². The van der Waals surface area contributed by atoms with Crippen molar-refractivity contribution >= 4 is 49.7 Å². The number of hydrogen-bond donors (Lipinski definition) is 3. The quantitative estimate of drug-likeness (QED) is 0.230. The molecular weight excluding hydrogens is 516 g/mol. The number of carbonyl (C=O) groups is 2. The van der Waals surface area contributed by atoms with Gasteiger partial charge < -0.3 is 14.5 Å². The number of hydrogen-bond acceptors (Lipinski definition) is 7. The Labute approximate surface area is 198 Å². The van der Waals surface area contributed by atoms with Crippen LogP contribution in [0.4, 0.5) is 5.69 Å². The second-order valence-corrected chi connectivity index (χ2v) is 9.12. The lowest BCUT2D eigenvalue weighted by atomic mass is 10.3. The first kappa shape index (κ1) is 24.2. The second-order valence-electron chi connectivity index (χ2n) is 6.44. The van der Waals surface area contributed by atoms with Crippen molar-refractivity contribution < 1.29 is 27.2 Å². The molecule has 33 heavy (non-hydrogen) atoms. The number of hydrazone groups is 1. The molecule has 2 amide bonds. The molecule has 0 radical (unpaired) electrons. The molecule has 10 nitrogen and oxygen atoms in total. The lowest BCUT2D eigenvalue weighted by molar-refractivity contribution is -0.136. The van der Waals surface area contributed by atoms with E-state index in [4.69, 9.17) is 9.15 Å². The van der Waals surface area contributed by atoms with Crippen molar-refractivity contribution in [2.45, 2.75) is 11.4 Å². The van der Waals surface area contributed by atoms with Crippen LogP contribution in [0.1, 0.15) is 11.5 Å². The van der Waals surface area contributed by atoms with E-state index in [-0.39, 0.29) is 17.2 Å². The van der Waals surface area contributed by atoms with Crippen LogP contribution in [0, 0.1) is 0 Å². The molecule has 0 fully saturated rings. The smallest absolute Gasteiger partial charge is 0.329 e. The Kier molecular flexibility index (Phi) is 7.98. The number of nitrogens with zero attached hydrogens (tertiary/aromatic N) is 1. The van der Waals surface area contributed by atoms with Crippen molar-refractivity contribution in [3.63, 3.8) is 0 Å². The zero-order chi connectivity index (χ0) is 23.8. The second kappa shape index (κ2) is 10.9. The van der Waals surface area contributed by atoms with Crippen LogP contribution in [0.2, 0.25) is 0 Å². The highest BCUT2D eigenvalue weighted by Crippen LogP contribution is 2.22. The summed E-state index contributed by atoms with van der Waals surface area (Å²) < 4.78 is 38.4. The Morgan fingerprint density at radius 3 is 2.52 bits per heavy atom. The average molecular weight is 535 g/mol. The monoisotopic (exact) mass is 534 g/mol. The van der Waals surface area contributed by atoms with E-state index in [0.717, 1.165) is 4.47 Å². The maximum Gasteiger partial charge on any atom is 0.329 e. The highest BCUT2D eigenvalue weighted by molar-refractivity contribution is 9.10. The lowest BCUT2D eigenvalue weighted by Crippen LogP contribution is -2.32. The third kappa shape index (κ3) is 6.75. The van der Waals surface area contributed by atoms with E-state index in [1.807, 2.05) is 0 Å². The van der Waals surface area contributed by atoms with Gasteiger partial charge in [0.1, 0.15) is 17.3 Å². The zero-order valence-electron chi connectivity index (χ0n) is 17.2. The van der Waals surface area contributed by atoms with Gasteiger partial charge in [0.05, 0.1) is 30.5 Å². The summed E-state index contributed by atoms with van der Waals surface area (Å²) in [5.74, 6) is -0.943. The average Bonchev–Trinajstić information content (AvgIpc) is 3.26. The Morgan fingerprint density at radius 2 is 1.79 bits per heavy atom. The van der Waals surface area contributed by atoms with Gasteiger partial charge in [0.25, 0.3) is 0 Å². The summed E-state index contributed by atoms with van der Waals surface area (Å²) in [7, 11) is -2.27. The topological polar surface area (TPSA) is 139 Å². The van der Waals surface area contributed by atoms with Crippen molar-refractivity contribution in [3.05, 3.63) is 76.7 Å². The van der Waals surface area contributed by atoms with E-state index in [9.17, 15) is 18.0 Å². The number of ether oxygens (including phenoxy) is 1. The minimum atomic E-state index is -3.71. The van der Waals surface area contributed by atoms with Crippen molar-refractivity contribution in [1.29, 1.82) is 0 Å². The van der Waals surface area contributed by atoms with E-state index >= 15 is 0 Å². The molecule has 0 saturated heterocycles. The molecule has 12 heteroatoms. The van der Waals surface area contributed by atoms with Crippen LogP contribution < -0.4 is 20.2 Å². The van der Waals surface area contributed by atoms with Gasteiger partial charge in [-0.15, -0.1) is 0 Å². The van der Waals surface area contributed by atoms with Crippen LogP contribution in [0.5, 0.6) is 5.75 Å². The predicted molar refractivity (Wildman–Crippen MR) is 124 cm³/mol. The number of sulfonamides is 1. The fourth-order valence-corrected chi connectivity index (χ4v) is 3.81. The molecule has 3 rings (SSSR count). The Morgan fingerprint density at radius 1 is 1.06 bits per heavy atom. The van der Waals surface area contributed by atoms with Crippen molar-refractivity contribution in [2.75, 3.05) is 12.4 Å². The maximum absolute atomic E-state index is 12.3. The molecule has 3 aromatic rings. The molecule has 0 saturated carbocycles. The number of nitrogens with one attached hydrogen (secondary N) is 3. The van der Waals surface area contributed by atoms with Gasteiger partial charge in [0, 0.05) is 4.47 Å². The van der Waals surface area contributed by atoms with Crippen LogP contribution in [0.15, 0.2) is 79.6 Å². The SMILES string of the molecule is COc1ccccc1NC(=O)C(=O)N/N=C/c1ccc(CNS(=O)(=O)c2ccc(Br)cc2)o1. The largest absolute Gasteiger partial charge is 0.495 e. The highest BCUT2D eigenvalue weighted by atomic mass is 79.9. The van der Waals surface area contributed by atoms with E-state index < -0.39 is 21.8 Å². The third-order valence-electron chi connectivity index (χ3n) is 4.16. The van der Waals surface area contributed by atoms with Gasteiger partial charge in [-0.2, -0.15) is 5.10 Å². The van der Waals surface area contributed by atoms with E-state index in [0.29, 0.717) is 17.2 Å². The molecule has 1 heterocycles. The molecule has 0 aliphatic heterocycles. The number of benzene rings is 2. The van der Waals surface area contributed by atoms with Gasteiger partial charge in [0.15, 0.2) is 0 Å². The summed E-state index contributed by atoms with van der Waals surface area (Å²) in [4.78, 5) is 24.0. The number of carbonyl (C=O) groups excluding carboxylic acids is 2. The standard InChI is InChI=1S/C21H19BrN4O6S/c1-31-19-5-3-2-4-18(19)25-20(27)21(28)26-23-12-15-8-9-16(32-15)13-24-33(29,30)17-10-6-14(22)7-11-17/h2-12,24H,13H2,1H3,(H,25,27)(H,26,28)/b23-12+. The molecule has 0 aliphatic rings. The molecule has 3 N–H and O–H groups in total. The number of anilines is 1. The highest BCUT2D eigenvalue weighted by Gasteiger charge is 2.16. The van der Waals surface area contributed by atoms with Gasteiger partial charge in [-0.3, -0.25) is 9.59 Å². The van der Waals surface area contributed by atoms with Crippen LogP contribution >= 0.6 is 15.9 Å². The molecule has 1 aromatic heterocycles.